The number of fused-ring (bicyclic) bond motifs is 1. The van der Waals surface area contributed by atoms with E-state index in [1.54, 1.807) is 4.90 Å². The molecule has 10 atom stereocenters. The van der Waals surface area contributed by atoms with Crippen LogP contribution in [0, 0.1) is 29.6 Å². The first-order chi connectivity index (χ1) is 17.6. The second kappa shape index (κ2) is 11.1. The van der Waals surface area contributed by atoms with Gasteiger partial charge in [0.25, 0.3) is 0 Å². The summed E-state index contributed by atoms with van der Waals surface area (Å²) in [6.45, 7) is 12.6. The maximum Gasteiger partial charge on any atom is 0.410 e. The molecule has 10 heteroatoms. The molecule has 38 heavy (non-hydrogen) atoms. The van der Waals surface area contributed by atoms with Crippen LogP contribution in [0.25, 0.3) is 0 Å². The molecular weight excluding hydrogens is 497 g/mol. The van der Waals surface area contributed by atoms with Crippen LogP contribution < -0.4 is 16.0 Å². The van der Waals surface area contributed by atoms with Crippen LogP contribution >= 0.6 is 0 Å². The third kappa shape index (κ3) is 6.78. The maximum absolute atomic E-state index is 13.4. The lowest BCUT2D eigenvalue weighted by molar-refractivity contribution is -0.186. The van der Waals surface area contributed by atoms with Gasteiger partial charge in [-0.25, -0.2) is 4.79 Å². The Morgan fingerprint density at radius 2 is 1.84 bits per heavy atom. The minimum atomic E-state index is -4.12. The Bertz CT molecular complexity index is 837. The van der Waals surface area contributed by atoms with E-state index >= 15 is 0 Å². The van der Waals surface area contributed by atoms with Crippen LogP contribution in [0.3, 0.4) is 0 Å². The smallest absolute Gasteiger partial charge is 0.410 e. The molecule has 0 radical (unpaired) electrons. The first-order valence-electron chi connectivity index (χ1n) is 14.6. The summed E-state index contributed by atoms with van der Waals surface area (Å²) in [4.78, 5) is 14.3. The summed E-state index contributed by atoms with van der Waals surface area (Å²) in [6.07, 6.45) is -0.488. The number of rotatable bonds is 4. The molecule has 0 aromatic heterocycles. The van der Waals surface area contributed by atoms with Crippen molar-refractivity contribution in [1.82, 2.24) is 20.9 Å². The fraction of sp³-hybridized carbons (Fsp3) is 0.964. The summed E-state index contributed by atoms with van der Waals surface area (Å²) < 4.78 is 45.9. The van der Waals surface area contributed by atoms with Crippen LogP contribution in [0.15, 0.2) is 0 Å². The summed E-state index contributed by atoms with van der Waals surface area (Å²) in [5.74, 6) is -0.719. The lowest BCUT2D eigenvalue weighted by Crippen LogP contribution is -2.71. The molecule has 2 heterocycles. The molecule has 4 N–H and O–H groups in total. The number of aliphatic hydroxyl groups is 1. The molecule has 4 rings (SSSR count). The summed E-state index contributed by atoms with van der Waals surface area (Å²) in [5.41, 5.74) is -1.56. The maximum atomic E-state index is 13.4. The van der Waals surface area contributed by atoms with Gasteiger partial charge in [-0.05, 0) is 90.9 Å². The number of hydrogen-bond donors (Lipinski definition) is 4. The number of likely N-dealkylation sites (tertiary alicyclic amines) is 1. The van der Waals surface area contributed by atoms with Gasteiger partial charge in [-0.15, -0.1) is 0 Å². The fourth-order valence-corrected chi connectivity index (χ4v) is 7.59. The second-order valence-corrected chi connectivity index (χ2v) is 13.7. The Kier molecular flexibility index (Phi) is 8.69. The van der Waals surface area contributed by atoms with Gasteiger partial charge in [-0.2, -0.15) is 13.2 Å². The van der Waals surface area contributed by atoms with Crippen molar-refractivity contribution in [2.24, 2.45) is 29.6 Å². The van der Waals surface area contributed by atoms with Gasteiger partial charge < -0.3 is 14.7 Å². The van der Waals surface area contributed by atoms with E-state index in [4.69, 9.17) is 4.74 Å². The number of nitrogens with zero attached hydrogens (tertiary/aromatic N) is 1. The lowest BCUT2D eigenvalue weighted by Gasteiger charge is -2.53. The third-order valence-corrected chi connectivity index (χ3v) is 9.61. The molecule has 4 aliphatic rings. The van der Waals surface area contributed by atoms with Gasteiger partial charge in [0.05, 0.1) is 30.4 Å². The van der Waals surface area contributed by atoms with Crippen molar-refractivity contribution in [2.45, 2.75) is 128 Å². The second-order valence-electron chi connectivity index (χ2n) is 13.7. The number of alkyl halides is 3. The minimum Gasteiger partial charge on any atom is -0.444 e. The van der Waals surface area contributed by atoms with Gasteiger partial charge in [0.2, 0.25) is 0 Å². The summed E-state index contributed by atoms with van der Waals surface area (Å²) in [6, 6.07) is 0.199. The van der Waals surface area contributed by atoms with E-state index in [1.165, 1.54) is 0 Å². The number of carbonyl (C=O) groups is 1. The van der Waals surface area contributed by atoms with Crippen molar-refractivity contribution >= 4 is 6.09 Å². The zero-order chi connectivity index (χ0) is 28.0. The summed E-state index contributed by atoms with van der Waals surface area (Å²) in [7, 11) is 0. The average Bonchev–Trinajstić information content (AvgIpc) is 3.21. The topological polar surface area (TPSA) is 85.9 Å². The van der Waals surface area contributed by atoms with E-state index in [-0.39, 0.29) is 67.6 Å². The highest BCUT2D eigenvalue weighted by Crippen LogP contribution is 2.45. The number of hydrogen-bond acceptors (Lipinski definition) is 6. The van der Waals surface area contributed by atoms with Gasteiger partial charge in [-0.1, -0.05) is 13.3 Å². The molecule has 0 bridgehead atoms. The van der Waals surface area contributed by atoms with Crippen molar-refractivity contribution in [3.05, 3.63) is 0 Å². The van der Waals surface area contributed by atoms with Gasteiger partial charge >= 0.3 is 12.3 Å². The standard InChI is InChI=1S/C28H49F3N4O3/c1-16-12-21(27(37)10-11-35(15-27)25(36)38-26(4,5)6)14-22-23(16)33-18(3)34-24(22)32-17(2)19-8-7-9-20(13-19)28(29,30)31/h16-24,32-34,37H,7-15H2,1-6H3. The largest absolute Gasteiger partial charge is 0.444 e. The van der Waals surface area contributed by atoms with E-state index in [0.29, 0.717) is 25.3 Å². The summed E-state index contributed by atoms with van der Waals surface area (Å²) in [5, 5.41) is 22.8. The predicted octanol–water partition coefficient (Wildman–Crippen LogP) is 4.60. The highest BCUT2D eigenvalue weighted by atomic mass is 19.4. The highest BCUT2D eigenvalue weighted by molar-refractivity contribution is 5.68. The number of carbonyl (C=O) groups excluding carboxylic acids is 1. The van der Waals surface area contributed by atoms with Crippen molar-refractivity contribution in [2.75, 3.05) is 13.1 Å². The fourth-order valence-electron chi connectivity index (χ4n) is 7.59. The molecular formula is C28H49F3N4O3. The van der Waals surface area contributed by atoms with Crippen LogP contribution in [0.4, 0.5) is 18.0 Å². The molecule has 220 valence electrons. The number of halogens is 3. The monoisotopic (exact) mass is 546 g/mol. The van der Waals surface area contributed by atoms with Crippen LogP contribution in [-0.2, 0) is 4.74 Å². The minimum absolute atomic E-state index is 0.0148. The normalized spacial score (nSPS) is 41.5. The van der Waals surface area contributed by atoms with Crippen molar-refractivity contribution < 1.29 is 27.8 Å². The Balaban J connectivity index is 1.43. The summed E-state index contributed by atoms with van der Waals surface area (Å²) >= 11 is 0. The van der Waals surface area contributed by atoms with E-state index in [0.717, 1.165) is 19.3 Å². The molecule has 0 aromatic carbocycles. The SMILES string of the molecule is CC1NC(NC(C)C2CCCC(C(F)(F)F)C2)C2CC(C3(O)CCN(C(=O)OC(C)(C)C)C3)CC(C)C2N1. The Labute approximate surface area is 226 Å². The molecule has 2 aliphatic heterocycles. The number of amides is 1. The Morgan fingerprint density at radius 3 is 2.50 bits per heavy atom. The molecule has 2 saturated heterocycles. The highest BCUT2D eigenvalue weighted by Gasteiger charge is 2.52. The van der Waals surface area contributed by atoms with Gasteiger partial charge in [0.15, 0.2) is 0 Å². The molecule has 0 spiro atoms. The molecule has 4 fully saturated rings. The lowest BCUT2D eigenvalue weighted by atomic mass is 9.64. The molecule has 10 unspecified atom stereocenters. The number of β-amino-alcohol motifs (C(OH)–C–C–N with tert-alkyl or cyclic N) is 1. The molecule has 0 aromatic rings. The van der Waals surface area contributed by atoms with Crippen LogP contribution in [0.1, 0.15) is 86.5 Å². The van der Waals surface area contributed by atoms with Crippen molar-refractivity contribution in [3.8, 4) is 0 Å². The van der Waals surface area contributed by atoms with Gasteiger partial charge in [0, 0.05) is 24.5 Å². The first kappa shape index (κ1) is 29.9. The Morgan fingerprint density at radius 1 is 1.13 bits per heavy atom. The molecule has 1 amide bonds. The van der Waals surface area contributed by atoms with Crippen molar-refractivity contribution in [3.63, 3.8) is 0 Å². The third-order valence-electron chi connectivity index (χ3n) is 9.61. The quantitative estimate of drug-likeness (QED) is 0.413. The van der Waals surface area contributed by atoms with Crippen LogP contribution in [-0.4, -0.2) is 71.0 Å². The average molecular weight is 547 g/mol. The zero-order valence-electron chi connectivity index (χ0n) is 23.9. The van der Waals surface area contributed by atoms with E-state index in [1.807, 2.05) is 27.7 Å². The van der Waals surface area contributed by atoms with Crippen molar-refractivity contribution in [1.29, 1.82) is 0 Å². The van der Waals surface area contributed by atoms with E-state index in [9.17, 15) is 23.1 Å². The predicted molar refractivity (Wildman–Crippen MR) is 140 cm³/mol. The zero-order valence-corrected chi connectivity index (χ0v) is 23.9. The number of ether oxygens (including phenoxy) is 1. The Hall–Kier alpha value is -1.10. The van der Waals surface area contributed by atoms with E-state index < -0.39 is 23.3 Å². The molecule has 2 aliphatic carbocycles. The van der Waals surface area contributed by atoms with Gasteiger partial charge in [-0.3, -0.25) is 16.0 Å². The van der Waals surface area contributed by atoms with Crippen LogP contribution in [0.5, 0.6) is 0 Å². The first-order valence-corrected chi connectivity index (χ1v) is 14.6. The van der Waals surface area contributed by atoms with Gasteiger partial charge in [0.1, 0.15) is 5.60 Å². The number of nitrogens with one attached hydrogen (secondary N) is 3. The van der Waals surface area contributed by atoms with Crippen LogP contribution in [0.2, 0.25) is 0 Å². The van der Waals surface area contributed by atoms with E-state index in [2.05, 4.69) is 29.8 Å². The molecule has 7 nitrogen and oxygen atoms in total. The molecule has 2 saturated carbocycles.